The number of rotatable bonds is 6. The number of hydrogen-bond acceptors (Lipinski definition) is 1. The molecule has 3 aromatic rings. The van der Waals surface area contributed by atoms with Gasteiger partial charge in [0.05, 0.1) is 6.33 Å². The predicted octanol–water partition coefficient (Wildman–Crippen LogP) is 4.12. The van der Waals surface area contributed by atoms with Crippen LogP contribution in [0.1, 0.15) is 11.1 Å². The first-order valence-electron chi connectivity index (χ1n) is 7.54. The summed E-state index contributed by atoms with van der Waals surface area (Å²) in [5.74, 6) is 0.264. The summed E-state index contributed by atoms with van der Waals surface area (Å²) in [4.78, 5) is 4.11. The van der Waals surface area contributed by atoms with Crippen molar-refractivity contribution in [1.82, 2.24) is 9.55 Å². The van der Waals surface area contributed by atoms with Crippen LogP contribution in [0, 0.1) is 11.7 Å². The summed E-state index contributed by atoms with van der Waals surface area (Å²) < 4.78 is 15.2. The third-order valence-corrected chi connectivity index (χ3v) is 3.83. The maximum absolute atomic E-state index is 13.1. The molecular formula is C19H19FN2. The molecule has 0 aliphatic heterocycles. The van der Waals surface area contributed by atoms with Crippen LogP contribution in [0.25, 0.3) is 0 Å². The third kappa shape index (κ3) is 4.04. The van der Waals surface area contributed by atoms with E-state index in [0.717, 1.165) is 19.4 Å². The van der Waals surface area contributed by atoms with Gasteiger partial charge in [-0.15, -0.1) is 0 Å². The van der Waals surface area contributed by atoms with Crippen LogP contribution in [0.2, 0.25) is 0 Å². The Morgan fingerprint density at radius 1 is 0.909 bits per heavy atom. The molecule has 1 atom stereocenters. The van der Waals surface area contributed by atoms with E-state index >= 15 is 0 Å². The number of benzene rings is 2. The summed E-state index contributed by atoms with van der Waals surface area (Å²) in [6.45, 7) is 0.909. The van der Waals surface area contributed by atoms with Crippen LogP contribution in [0.5, 0.6) is 0 Å². The molecule has 0 spiro atoms. The summed E-state index contributed by atoms with van der Waals surface area (Å²) in [6.07, 6.45) is 7.56. The highest BCUT2D eigenvalue weighted by molar-refractivity contribution is 5.19. The zero-order valence-electron chi connectivity index (χ0n) is 12.4. The Morgan fingerprint density at radius 2 is 1.59 bits per heavy atom. The van der Waals surface area contributed by atoms with Gasteiger partial charge in [0, 0.05) is 18.9 Å². The van der Waals surface area contributed by atoms with Crippen molar-refractivity contribution in [3.05, 3.63) is 90.3 Å². The SMILES string of the molecule is Fc1ccc(CC(Cc2ccccc2)Cn2ccnc2)cc1. The molecule has 2 nitrogen and oxygen atoms in total. The van der Waals surface area contributed by atoms with Crippen molar-refractivity contribution >= 4 is 0 Å². The van der Waals surface area contributed by atoms with Crippen molar-refractivity contribution in [3.63, 3.8) is 0 Å². The molecule has 2 aromatic carbocycles. The van der Waals surface area contributed by atoms with Gasteiger partial charge >= 0.3 is 0 Å². The molecule has 3 rings (SSSR count). The lowest BCUT2D eigenvalue weighted by molar-refractivity contribution is 0.438. The molecule has 1 aromatic heterocycles. The summed E-state index contributed by atoms with van der Waals surface area (Å²) in [6, 6.07) is 17.3. The first-order chi connectivity index (χ1) is 10.8. The second kappa shape index (κ2) is 7.03. The van der Waals surface area contributed by atoms with Crippen LogP contribution in [-0.4, -0.2) is 9.55 Å². The van der Waals surface area contributed by atoms with Crippen molar-refractivity contribution in [2.75, 3.05) is 0 Å². The van der Waals surface area contributed by atoms with Crippen LogP contribution >= 0.6 is 0 Å². The molecule has 0 fully saturated rings. The highest BCUT2D eigenvalue weighted by atomic mass is 19.1. The van der Waals surface area contributed by atoms with Gasteiger partial charge in [0.15, 0.2) is 0 Å². The molecule has 0 N–H and O–H groups in total. The van der Waals surface area contributed by atoms with Gasteiger partial charge in [-0.1, -0.05) is 42.5 Å². The number of aromatic nitrogens is 2. The number of hydrogen-bond donors (Lipinski definition) is 0. The summed E-state index contributed by atoms with van der Waals surface area (Å²) >= 11 is 0. The standard InChI is InChI=1S/C19H19FN2/c20-19-8-6-17(7-9-19)13-18(14-22-11-10-21-15-22)12-16-4-2-1-3-5-16/h1-11,15,18H,12-14H2. The van der Waals surface area contributed by atoms with Gasteiger partial charge in [0.25, 0.3) is 0 Å². The van der Waals surface area contributed by atoms with Gasteiger partial charge in [-0.25, -0.2) is 9.37 Å². The van der Waals surface area contributed by atoms with Crippen LogP contribution in [0.15, 0.2) is 73.3 Å². The Hall–Kier alpha value is -2.42. The van der Waals surface area contributed by atoms with E-state index in [0.29, 0.717) is 5.92 Å². The van der Waals surface area contributed by atoms with E-state index in [9.17, 15) is 4.39 Å². The lowest BCUT2D eigenvalue weighted by Crippen LogP contribution is -2.15. The molecule has 1 heterocycles. The van der Waals surface area contributed by atoms with Crippen LogP contribution < -0.4 is 0 Å². The monoisotopic (exact) mass is 294 g/mol. The lowest BCUT2D eigenvalue weighted by Gasteiger charge is -2.18. The van der Waals surface area contributed by atoms with Crippen molar-refractivity contribution in [1.29, 1.82) is 0 Å². The maximum atomic E-state index is 13.1. The van der Waals surface area contributed by atoms with E-state index in [1.54, 1.807) is 6.20 Å². The van der Waals surface area contributed by atoms with Crippen LogP contribution in [0.4, 0.5) is 4.39 Å². The highest BCUT2D eigenvalue weighted by Gasteiger charge is 2.12. The Bertz CT molecular complexity index is 675. The molecule has 0 bridgehead atoms. The van der Waals surface area contributed by atoms with E-state index in [4.69, 9.17) is 0 Å². The normalized spacial score (nSPS) is 12.2. The first-order valence-corrected chi connectivity index (χ1v) is 7.54. The number of halogens is 1. The molecule has 3 heteroatoms. The lowest BCUT2D eigenvalue weighted by atomic mass is 9.92. The van der Waals surface area contributed by atoms with E-state index in [2.05, 4.69) is 33.8 Å². The summed E-state index contributed by atoms with van der Waals surface area (Å²) in [5.41, 5.74) is 2.50. The van der Waals surface area contributed by atoms with E-state index in [-0.39, 0.29) is 5.82 Å². The minimum atomic E-state index is -0.182. The van der Waals surface area contributed by atoms with Gasteiger partial charge in [0.1, 0.15) is 5.82 Å². The molecule has 0 saturated carbocycles. The predicted molar refractivity (Wildman–Crippen MR) is 86.0 cm³/mol. The minimum absolute atomic E-state index is 0.182. The zero-order valence-corrected chi connectivity index (χ0v) is 12.4. The van der Waals surface area contributed by atoms with Crippen LogP contribution in [-0.2, 0) is 19.4 Å². The summed E-state index contributed by atoms with van der Waals surface area (Å²) in [5, 5.41) is 0. The second-order valence-electron chi connectivity index (χ2n) is 5.65. The van der Waals surface area contributed by atoms with E-state index in [1.807, 2.05) is 30.7 Å². The molecule has 1 unspecified atom stereocenters. The van der Waals surface area contributed by atoms with Gasteiger partial charge in [-0.05, 0) is 42.0 Å². The zero-order chi connectivity index (χ0) is 15.2. The minimum Gasteiger partial charge on any atom is -0.337 e. The Morgan fingerprint density at radius 3 is 2.23 bits per heavy atom. The first kappa shape index (κ1) is 14.5. The van der Waals surface area contributed by atoms with Gasteiger partial charge < -0.3 is 4.57 Å². The molecular weight excluding hydrogens is 275 g/mol. The van der Waals surface area contributed by atoms with Crippen molar-refractivity contribution in [2.45, 2.75) is 19.4 Å². The number of imidazole rings is 1. The average Bonchev–Trinajstić information content (AvgIpc) is 3.03. The fraction of sp³-hybridized carbons (Fsp3) is 0.211. The quantitative estimate of drug-likeness (QED) is 0.668. The van der Waals surface area contributed by atoms with Crippen molar-refractivity contribution < 1.29 is 4.39 Å². The molecule has 0 aliphatic rings. The van der Waals surface area contributed by atoms with Crippen LogP contribution in [0.3, 0.4) is 0 Å². The number of nitrogens with zero attached hydrogens (tertiary/aromatic N) is 2. The Kier molecular flexibility index (Phi) is 4.64. The third-order valence-electron chi connectivity index (χ3n) is 3.83. The van der Waals surface area contributed by atoms with E-state index in [1.165, 1.54) is 23.3 Å². The smallest absolute Gasteiger partial charge is 0.123 e. The Labute approximate surface area is 130 Å². The largest absolute Gasteiger partial charge is 0.337 e. The molecule has 0 radical (unpaired) electrons. The molecule has 0 saturated heterocycles. The van der Waals surface area contributed by atoms with E-state index < -0.39 is 0 Å². The molecule has 0 aliphatic carbocycles. The molecule has 0 amide bonds. The second-order valence-corrected chi connectivity index (χ2v) is 5.65. The molecule has 22 heavy (non-hydrogen) atoms. The van der Waals surface area contributed by atoms with Gasteiger partial charge in [0.2, 0.25) is 0 Å². The molecule has 112 valence electrons. The maximum Gasteiger partial charge on any atom is 0.123 e. The van der Waals surface area contributed by atoms with Gasteiger partial charge in [-0.3, -0.25) is 0 Å². The fourth-order valence-corrected chi connectivity index (χ4v) is 2.80. The van der Waals surface area contributed by atoms with Crippen molar-refractivity contribution in [2.24, 2.45) is 5.92 Å². The van der Waals surface area contributed by atoms with Gasteiger partial charge in [-0.2, -0.15) is 0 Å². The summed E-state index contributed by atoms with van der Waals surface area (Å²) in [7, 11) is 0. The van der Waals surface area contributed by atoms with Crippen molar-refractivity contribution in [3.8, 4) is 0 Å². The Balaban J connectivity index is 1.74. The highest BCUT2D eigenvalue weighted by Crippen LogP contribution is 2.17. The topological polar surface area (TPSA) is 17.8 Å². The average molecular weight is 294 g/mol. The fourth-order valence-electron chi connectivity index (χ4n) is 2.80.